The third-order valence-corrected chi connectivity index (χ3v) is 5.94. The highest BCUT2D eigenvalue weighted by Gasteiger charge is 2.20. The van der Waals surface area contributed by atoms with E-state index in [1.54, 1.807) is 0 Å². The van der Waals surface area contributed by atoms with Gasteiger partial charge in [0.05, 0.1) is 5.25 Å². The van der Waals surface area contributed by atoms with Crippen molar-refractivity contribution in [3.63, 3.8) is 0 Å². The summed E-state index contributed by atoms with van der Waals surface area (Å²) in [7, 11) is 1.93. The minimum absolute atomic E-state index is 0.0173. The van der Waals surface area contributed by atoms with Crippen LogP contribution in [-0.4, -0.2) is 32.5 Å². The number of benzene rings is 2. The van der Waals surface area contributed by atoms with Gasteiger partial charge in [0, 0.05) is 25.1 Å². The third-order valence-electron chi connectivity index (χ3n) is 4.80. The average molecular weight is 395 g/mol. The number of amides is 1. The Balaban J connectivity index is 1.59. The van der Waals surface area contributed by atoms with Gasteiger partial charge >= 0.3 is 0 Å². The van der Waals surface area contributed by atoms with Gasteiger partial charge in [-0.1, -0.05) is 79.3 Å². The van der Waals surface area contributed by atoms with Crippen LogP contribution in [0, 0.1) is 0 Å². The lowest BCUT2D eigenvalue weighted by molar-refractivity contribution is -0.120. The number of nitrogens with zero attached hydrogens (tertiary/aromatic N) is 3. The first-order valence-corrected chi connectivity index (χ1v) is 10.4. The van der Waals surface area contributed by atoms with Gasteiger partial charge in [0.1, 0.15) is 0 Å². The molecule has 3 aromatic rings. The summed E-state index contributed by atoms with van der Waals surface area (Å²) in [5.41, 5.74) is 2.27. The summed E-state index contributed by atoms with van der Waals surface area (Å²) in [5.74, 6) is 1.14. The Morgan fingerprint density at radius 3 is 2.36 bits per heavy atom. The van der Waals surface area contributed by atoms with Crippen LogP contribution in [0.15, 0.2) is 65.8 Å². The molecule has 0 radical (unpaired) electrons. The molecule has 0 aliphatic rings. The smallest absolute Gasteiger partial charge is 0.233 e. The van der Waals surface area contributed by atoms with Crippen LogP contribution >= 0.6 is 11.8 Å². The molecule has 2 atom stereocenters. The second kappa shape index (κ2) is 9.55. The fourth-order valence-corrected chi connectivity index (χ4v) is 3.90. The van der Waals surface area contributed by atoms with E-state index in [1.807, 2.05) is 67.1 Å². The van der Waals surface area contributed by atoms with Gasteiger partial charge in [0.25, 0.3) is 0 Å². The first-order chi connectivity index (χ1) is 13.6. The van der Waals surface area contributed by atoms with E-state index in [1.165, 1.54) is 17.3 Å². The number of carbonyl (C=O) groups is 1. The zero-order chi connectivity index (χ0) is 19.9. The van der Waals surface area contributed by atoms with Crippen LogP contribution in [0.4, 0.5) is 0 Å². The molecule has 1 N–H and O–H groups in total. The van der Waals surface area contributed by atoms with Crippen molar-refractivity contribution < 1.29 is 4.79 Å². The van der Waals surface area contributed by atoms with Gasteiger partial charge in [0.15, 0.2) is 11.0 Å². The molecule has 1 heterocycles. The predicted octanol–water partition coefficient (Wildman–Crippen LogP) is 4.27. The number of hydrogen-bond donors (Lipinski definition) is 1. The summed E-state index contributed by atoms with van der Waals surface area (Å²) in [6.45, 7) is 4.69. The molecule has 28 heavy (non-hydrogen) atoms. The van der Waals surface area contributed by atoms with Crippen molar-refractivity contribution in [3.8, 4) is 11.4 Å². The van der Waals surface area contributed by atoms with Gasteiger partial charge in [-0.25, -0.2) is 0 Å². The number of hydrogen-bond acceptors (Lipinski definition) is 4. The van der Waals surface area contributed by atoms with Crippen LogP contribution in [0.5, 0.6) is 0 Å². The summed E-state index contributed by atoms with van der Waals surface area (Å²) in [6, 6.07) is 20.2. The van der Waals surface area contributed by atoms with Gasteiger partial charge in [-0.05, 0) is 18.9 Å². The molecule has 2 aromatic carbocycles. The zero-order valence-electron chi connectivity index (χ0n) is 16.5. The molecule has 0 aliphatic carbocycles. The van der Waals surface area contributed by atoms with E-state index in [2.05, 4.69) is 34.6 Å². The molecule has 0 unspecified atom stereocenters. The second-order valence-corrected chi connectivity index (χ2v) is 8.06. The molecule has 0 saturated heterocycles. The topological polar surface area (TPSA) is 59.8 Å². The van der Waals surface area contributed by atoms with Gasteiger partial charge < -0.3 is 9.88 Å². The van der Waals surface area contributed by atoms with E-state index in [-0.39, 0.29) is 11.2 Å². The SMILES string of the molecule is CC[C@@H](CNC(=O)[C@@H](C)Sc1nnc(-c2ccccc2)n1C)c1ccccc1. The highest BCUT2D eigenvalue weighted by atomic mass is 32.2. The van der Waals surface area contributed by atoms with Crippen molar-refractivity contribution in [1.29, 1.82) is 0 Å². The minimum atomic E-state index is -0.250. The number of carbonyl (C=O) groups excluding carboxylic acids is 1. The number of aromatic nitrogens is 3. The second-order valence-electron chi connectivity index (χ2n) is 6.75. The Morgan fingerprint density at radius 2 is 1.71 bits per heavy atom. The van der Waals surface area contributed by atoms with Crippen LogP contribution in [-0.2, 0) is 11.8 Å². The molecule has 0 saturated carbocycles. The standard InChI is InChI=1S/C22H26N4OS/c1-4-17(18-11-7-5-8-12-18)15-23-21(27)16(2)28-22-25-24-20(26(22)3)19-13-9-6-10-14-19/h5-14,16-17H,4,15H2,1-3H3,(H,23,27)/t16-,17+/m1/s1. The number of nitrogens with one attached hydrogen (secondary N) is 1. The normalized spacial score (nSPS) is 13.1. The first-order valence-electron chi connectivity index (χ1n) is 9.54. The minimum Gasteiger partial charge on any atom is -0.355 e. The molecule has 146 valence electrons. The summed E-state index contributed by atoms with van der Waals surface area (Å²) >= 11 is 1.43. The Morgan fingerprint density at radius 1 is 1.07 bits per heavy atom. The van der Waals surface area contributed by atoms with Gasteiger partial charge in [0.2, 0.25) is 5.91 Å². The summed E-state index contributed by atoms with van der Waals surface area (Å²) < 4.78 is 1.93. The lowest BCUT2D eigenvalue weighted by Crippen LogP contribution is -2.34. The molecule has 5 nitrogen and oxygen atoms in total. The average Bonchev–Trinajstić information content (AvgIpc) is 3.10. The summed E-state index contributed by atoms with van der Waals surface area (Å²) in [5, 5.41) is 12.1. The molecule has 0 fully saturated rings. The maximum Gasteiger partial charge on any atom is 0.233 e. The molecule has 0 aliphatic heterocycles. The van der Waals surface area contributed by atoms with Crippen molar-refractivity contribution in [2.24, 2.45) is 7.05 Å². The Hall–Kier alpha value is -2.60. The van der Waals surface area contributed by atoms with Crippen LogP contribution < -0.4 is 5.32 Å². The van der Waals surface area contributed by atoms with Crippen molar-refractivity contribution in [2.75, 3.05) is 6.54 Å². The molecule has 0 spiro atoms. The molecule has 3 rings (SSSR count). The fourth-order valence-electron chi connectivity index (χ4n) is 3.06. The van der Waals surface area contributed by atoms with E-state index in [0.717, 1.165) is 23.0 Å². The van der Waals surface area contributed by atoms with Gasteiger partial charge in [-0.15, -0.1) is 10.2 Å². The monoisotopic (exact) mass is 394 g/mol. The Labute approximate surface area is 170 Å². The van der Waals surface area contributed by atoms with Crippen molar-refractivity contribution >= 4 is 17.7 Å². The van der Waals surface area contributed by atoms with E-state index < -0.39 is 0 Å². The van der Waals surface area contributed by atoms with Gasteiger partial charge in [-0.2, -0.15) is 0 Å². The largest absolute Gasteiger partial charge is 0.355 e. The van der Waals surface area contributed by atoms with Crippen LogP contribution in [0.1, 0.15) is 31.7 Å². The summed E-state index contributed by atoms with van der Waals surface area (Å²) in [4.78, 5) is 12.6. The quantitative estimate of drug-likeness (QED) is 0.580. The highest BCUT2D eigenvalue weighted by molar-refractivity contribution is 8.00. The van der Waals surface area contributed by atoms with E-state index >= 15 is 0 Å². The molecule has 1 aromatic heterocycles. The first kappa shape index (κ1) is 20.1. The summed E-state index contributed by atoms with van der Waals surface area (Å²) in [6.07, 6.45) is 0.982. The maximum atomic E-state index is 12.6. The van der Waals surface area contributed by atoms with Crippen LogP contribution in [0.3, 0.4) is 0 Å². The maximum absolute atomic E-state index is 12.6. The lowest BCUT2D eigenvalue weighted by Gasteiger charge is -2.18. The van der Waals surface area contributed by atoms with Gasteiger partial charge in [-0.3, -0.25) is 4.79 Å². The van der Waals surface area contributed by atoms with E-state index in [0.29, 0.717) is 12.5 Å². The van der Waals surface area contributed by atoms with Crippen LogP contribution in [0.2, 0.25) is 0 Å². The Kier molecular flexibility index (Phi) is 6.87. The van der Waals surface area contributed by atoms with Crippen molar-refractivity contribution in [2.45, 2.75) is 36.6 Å². The number of thioether (sulfide) groups is 1. The molecule has 1 amide bonds. The molecular formula is C22H26N4OS. The third kappa shape index (κ3) is 4.81. The number of rotatable bonds is 8. The Bertz CT molecular complexity index is 895. The highest BCUT2D eigenvalue weighted by Crippen LogP contribution is 2.26. The fraction of sp³-hybridized carbons (Fsp3) is 0.318. The van der Waals surface area contributed by atoms with E-state index in [9.17, 15) is 4.79 Å². The zero-order valence-corrected chi connectivity index (χ0v) is 17.3. The molecular weight excluding hydrogens is 368 g/mol. The van der Waals surface area contributed by atoms with E-state index in [4.69, 9.17) is 0 Å². The van der Waals surface area contributed by atoms with Crippen molar-refractivity contribution in [1.82, 2.24) is 20.1 Å². The van der Waals surface area contributed by atoms with Crippen LogP contribution in [0.25, 0.3) is 11.4 Å². The predicted molar refractivity (Wildman–Crippen MR) is 114 cm³/mol. The molecule has 6 heteroatoms. The molecule has 0 bridgehead atoms. The lowest BCUT2D eigenvalue weighted by atomic mass is 9.96. The van der Waals surface area contributed by atoms with Crippen molar-refractivity contribution in [3.05, 3.63) is 66.2 Å².